The summed E-state index contributed by atoms with van der Waals surface area (Å²) in [6.45, 7) is 3.71. The normalized spacial score (nSPS) is 11.8. The van der Waals surface area contributed by atoms with Crippen LogP contribution < -0.4 is 5.32 Å². The number of aromatic nitrogens is 1. The molecule has 3 aromatic rings. The molecule has 0 fully saturated rings. The van der Waals surface area contributed by atoms with Crippen molar-refractivity contribution >= 4 is 29.3 Å². The summed E-state index contributed by atoms with van der Waals surface area (Å²) in [7, 11) is 0. The lowest BCUT2D eigenvalue weighted by atomic mass is 10.1. The number of carbonyl (C=O) groups excluding carboxylic acids is 1. The zero-order valence-corrected chi connectivity index (χ0v) is 17.3. The van der Waals surface area contributed by atoms with Crippen LogP contribution in [0, 0.1) is 25.2 Å². The molecule has 0 aliphatic heterocycles. The molecule has 1 heterocycles. The van der Waals surface area contributed by atoms with Crippen LogP contribution in [0.5, 0.6) is 0 Å². The van der Waals surface area contributed by atoms with Crippen molar-refractivity contribution in [2.45, 2.75) is 20.0 Å². The van der Waals surface area contributed by atoms with Gasteiger partial charge in [-0.3, -0.25) is 4.79 Å². The molecule has 0 saturated carbocycles. The molecule has 8 heteroatoms. The second-order valence-corrected chi connectivity index (χ2v) is 7.28. The lowest BCUT2D eigenvalue weighted by Gasteiger charge is -2.10. The standard InChI is InChI=1S/C23H17ClF3N3O/c1-14-9-16(15(2)30(14)21-8-4-6-19(24)12-21)10-17(13-28)22(31)29-20-7-3-5-18(11-20)23(25,26)27/h3-12H,1-2H3,(H,29,31)/b17-10-. The molecule has 3 rings (SSSR count). The Morgan fingerprint density at radius 3 is 2.48 bits per heavy atom. The summed E-state index contributed by atoms with van der Waals surface area (Å²) in [5.41, 5.74) is 1.93. The summed E-state index contributed by atoms with van der Waals surface area (Å²) in [5.74, 6) is -0.797. The van der Waals surface area contributed by atoms with Gasteiger partial charge in [-0.05, 0) is 68.0 Å². The van der Waals surface area contributed by atoms with Crippen LogP contribution in [0.1, 0.15) is 22.5 Å². The predicted molar refractivity (Wildman–Crippen MR) is 114 cm³/mol. The van der Waals surface area contributed by atoms with Crippen LogP contribution in [0.4, 0.5) is 18.9 Å². The number of aryl methyl sites for hydroxylation is 1. The van der Waals surface area contributed by atoms with Crippen LogP contribution in [-0.2, 0) is 11.0 Å². The highest BCUT2D eigenvalue weighted by atomic mass is 35.5. The zero-order chi connectivity index (χ0) is 22.8. The predicted octanol–water partition coefficient (Wildman–Crippen LogP) is 6.31. The van der Waals surface area contributed by atoms with E-state index in [-0.39, 0.29) is 11.3 Å². The summed E-state index contributed by atoms with van der Waals surface area (Å²) in [4.78, 5) is 12.5. The van der Waals surface area contributed by atoms with Gasteiger partial charge < -0.3 is 9.88 Å². The van der Waals surface area contributed by atoms with Gasteiger partial charge >= 0.3 is 6.18 Å². The Bertz CT molecular complexity index is 1220. The van der Waals surface area contributed by atoms with Crippen LogP contribution in [0.2, 0.25) is 5.02 Å². The third kappa shape index (κ3) is 4.98. The highest BCUT2D eigenvalue weighted by Gasteiger charge is 2.30. The Labute approximate surface area is 182 Å². The fraction of sp³-hybridized carbons (Fsp3) is 0.130. The van der Waals surface area contributed by atoms with Crippen LogP contribution in [-0.4, -0.2) is 10.5 Å². The van der Waals surface area contributed by atoms with E-state index in [4.69, 9.17) is 11.6 Å². The topological polar surface area (TPSA) is 57.8 Å². The molecule has 2 aromatic carbocycles. The van der Waals surface area contributed by atoms with E-state index >= 15 is 0 Å². The number of anilines is 1. The number of rotatable bonds is 4. The Hall–Kier alpha value is -3.50. The first-order valence-electron chi connectivity index (χ1n) is 9.15. The van der Waals surface area contributed by atoms with E-state index in [9.17, 15) is 23.2 Å². The van der Waals surface area contributed by atoms with E-state index in [1.807, 2.05) is 42.7 Å². The molecule has 0 saturated heterocycles. The minimum absolute atomic E-state index is 0.0506. The van der Waals surface area contributed by atoms with E-state index in [0.29, 0.717) is 10.6 Å². The van der Waals surface area contributed by atoms with E-state index in [1.54, 1.807) is 12.1 Å². The molecule has 0 atom stereocenters. The summed E-state index contributed by atoms with van der Waals surface area (Å²) < 4.78 is 40.6. The van der Waals surface area contributed by atoms with E-state index in [0.717, 1.165) is 29.2 Å². The molecule has 1 amide bonds. The Kier molecular flexibility index (Phi) is 6.23. The first kappa shape index (κ1) is 22.2. The second kappa shape index (κ2) is 8.70. The highest BCUT2D eigenvalue weighted by Crippen LogP contribution is 2.31. The van der Waals surface area contributed by atoms with Crippen molar-refractivity contribution in [2.24, 2.45) is 0 Å². The number of nitrogens with one attached hydrogen (secondary N) is 1. The van der Waals surface area contributed by atoms with Crippen molar-refractivity contribution in [3.63, 3.8) is 0 Å². The molecule has 1 N–H and O–H groups in total. The number of amides is 1. The van der Waals surface area contributed by atoms with Gasteiger partial charge in [-0.25, -0.2) is 0 Å². The van der Waals surface area contributed by atoms with Crippen molar-refractivity contribution in [2.75, 3.05) is 5.32 Å². The summed E-state index contributed by atoms with van der Waals surface area (Å²) in [5, 5.41) is 12.4. The highest BCUT2D eigenvalue weighted by molar-refractivity contribution is 6.30. The van der Waals surface area contributed by atoms with Crippen molar-refractivity contribution in [3.8, 4) is 11.8 Å². The Morgan fingerprint density at radius 1 is 1.13 bits per heavy atom. The van der Waals surface area contributed by atoms with E-state index < -0.39 is 17.6 Å². The number of benzene rings is 2. The molecular formula is C23H17ClF3N3O. The molecule has 0 unspecified atom stereocenters. The van der Waals surface area contributed by atoms with Gasteiger partial charge in [0, 0.05) is 27.8 Å². The molecule has 158 valence electrons. The summed E-state index contributed by atoms with van der Waals surface area (Å²) in [6, 6.07) is 15.1. The van der Waals surface area contributed by atoms with Crippen LogP contribution >= 0.6 is 11.6 Å². The molecule has 0 bridgehead atoms. The van der Waals surface area contributed by atoms with Crippen LogP contribution in [0.3, 0.4) is 0 Å². The monoisotopic (exact) mass is 443 g/mol. The first-order valence-corrected chi connectivity index (χ1v) is 9.53. The molecule has 0 spiro atoms. The summed E-state index contributed by atoms with van der Waals surface area (Å²) in [6.07, 6.45) is -3.13. The largest absolute Gasteiger partial charge is 0.416 e. The maximum atomic E-state index is 12.9. The van der Waals surface area contributed by atoms with Gasteiger partial charge in [0.25, 0.3) is 5.91 Å². The summed E-state index contributed by atoms with van der Waals surface area (Å²) >= 11 is 6.08. The molecular weight excluding hydrogens is 427 g/mol. The van der Waals surface area contributed by atoms with E-state index in [1.165, 1.54) is 18.2 Å². The third-order valence-electron chi connectivity index (χ3n) is 4.65. The third-order valence-corrected chi connectivity index (χ3v) is 4.88. The molecule has 0 radical (unpaired) electrons. The average Bonchev–Trinajstić information content (AvgIpc) is 2.98. The second-order valence-electron chi connectivity index (χ2n) is 6.84. The smallest absolute Gasteiger partial charge is 0.321 e. The van der Waals surface area contributed by atoms with Gasteiger partial charge in [0.2, 0.25) is 0 Å². The molecule has 31 heavy (non-hydrogen) atoms. The minimum atomic E-state index is -4.54. The molecule has 4 nitrogen and oxygen atoms in total. The number of hydrogen-bond acceptors (Lipinski definition) is 2. The van der Waals surface area contributed by atoms with Crippen molar-refractivity contribution in [1.82, 2.24) is 4.57 Å². The quantitative estimate of drug-likeness (QED) is 0.379. The fourth-order valence-electron chi connectivity index (χ4n) is 3.22. The van der Waals surface area contributed by atoms with Gasteiger partial charge in [0.05, 0.1) is 5.56 Å². The number of hydrogen-bond donors (Lipinski definition) is 1. The van der Waals surface area contributed by atoms with Crippen molar-refractivity contribution in [1.29, 1.82) is 5.26 Å². The molecule has 0 aliphatic carbocycles. The van der Waals surface area contributed by atoms with Gasteiger partial charge in [0.15, 0.2) is 0 Å². The van der Waals surface area contributed by atoms with Crippen molar-refractivity contribution in [3.05, 3.63) is 87.7 Å². The van der Waals surface area contributed by atoms with Gasteiger partial charge in [-0.2, -0.15) is 18.4 Å². The number of nitriles is 1. The number of alkyl halides is 3. The molecule has 0 aliphatic rings. The first-order chi connectivity index (χ1) is 14.6. The van der Waals surface area contributed by atoms with Crippen LogP contribution in [0.25, 0.3) is 11.8 Å². The van der Waals surface area contributed by atoms with E-state index in [2.05, 4.69) is 5.32 Å². The van der Waals surface area contributed by atoms with Crippen LogP contribution in [0.15, 0.2) is 60.2 Å². The van der Waals surface area contributed by atoms with Crippen molar-refractivity contribution < 1.29 is 18.0 Å². The molecule has 1 aromatic heterocycles. The maximum absolute atomic E-state index is 12.9. The Balaban J connectivity index is 1.91. The SMILES string of the molecule is Cc1cc(/C=C(/C#N)C(=O)Nc2cccc(C(F)(F)F)c2)c(C)n1-c1cccc(Cl)c1. The lowest BCUT2D eigenvalue weighted by Crippen LogP contribution is -2.14. The van der Waals surface area contributed by atoms with Gasteiger partial charge in [0.1, 0.15) is 11.6 Å². The number of halogens is 4. The zero-order valence-electron chi connectivity index (χ0n) is 16.6. The average molecular weight is 444 g/mol. The maximum Gasteiger partial charge on any atom is 0.416 e. The lowest BCUT2D eigenvalue weighted by molar-refractivity contribution is -0.137. The van der Waals surface area contributed by atoms with Gasteiger partial charge in [-0.1, -0.05) is 23.7 Å². The number of nitrogens with zero attached hydrogens (tertiary/aromatic N) is 2. The van der Waals surface area contributed by atoms with Gasteiger partial charge in [-0.15, -0.1) is 0 Å². The number of carbonyl (C=O) groups is 1. The fourth-order valence-corrected chi connectivity index (χ4v) is 3.41. The Morgan fingerprint density at radius 2 is 1.84 bits per heavy atom. The minimum Gasteiger partial charge on any atom is -0.321 e.